The predicted molar refractivity (Wildman–Crippen MR) is 85.1 cm³/mol. The molecule has 0 saturated heterocycles. The lowest BCUT2D eigenvalue weighted by atomic mass is 10.1. The SMILES string of the molecule is Cc1cc(Cl)cc2c1N(Cc1ccccc1C(=O)O)C(=O)C2=O. The highest BCUT2D eigenvalue weighted by Gasteiger charge is 2.37. The number of halogens is 1. The van der Waals surface area contributed by atoms with E-state index < -0.39 is 17.7 Å². The van der Waals surface area contributed by atoms with Gasteiger partial charge in [-0.3, -0.25) is 9.59 Å². The molecule has 1 amide bonds. The van der Waals surface area contributed by atoms with Crippen molar-refractivity contribution in [3.8, 4) is 0 Å². The number of carbonyl (C=O) groups excluding carboxylic acids is 2. The summed E-state index contributed by atoms with van der Waals surface area (Å²) in [4.78, 5) is 37.1. The molecule has 2 aromatic rings. The topological polar surface area (TPSA) is 74.7 Å². The Labute approximate surface area is 137 Å². The molecule has 5 nitrogen and oxygen atoms in total. The van der Waals surface area contributed by atoms with E-state index in [0.717, 1.165) is 0 Å². The Morgan fingerprint density at radius 2 is 1.91 bits per heavy atom. The summed E-state index contributed by atoms with van der Waals surface area (Å²) in [5.41, 5.74) is 2.01. The Morgan fingerprint density at radius 1 is 1.22 bits per heavy atom. The van der Waals surface area contributed by atoms with Crippen molar-refractivity contribution in [2.75, 3.05) is 4.90 Å². The molecule has 1 aliphatic heterocycles. The molecule has 0 atom stereocenters. The van der Waals surface area contributed by atoms with Crippen LogP contribution in [0.1, 0.15) is 31.8 Å². The third-order valence-electron chi connectivity index (χ3n) is 3.80. The van der Waals surface area contributed by atoms with Gasteiger partial charge in [0.15, 0.2) is 0 Å². The Morgan fingerprint density at radius 3 is 2.61 bits per heavy atom. The van der Waals surface area contributed by atoms with Gasteiger partial charge in [0.05, 0.1) is 23.4 Å². The van der Waals surface area contributed by atoms with Crippen molar-refractivity contribution < 1.29 is 19.5 Å². The van der Waals surface area contributed by atoms with E-state index in [0.29, 0.717) is 21.8 Å². The zero-order valence-corrected chi connectivity index (χ0v) is 12.9. The zero-order valence-electron chi connectivity index (χ0n) is 12.2. The third kappa shape index (κ3) is 2.49. The summed E-state index contributed by atoms with van der Waals surface area (Å²) in [5.74, 6) is -2.38. The molecule has 0 saturated carbocycles. The molecule has 6 heteroatoms. The van der Waals surface area contributed by atoms with E-state index in [1.807, 2.05) is 0 Å². The molecule has 3 rings (SSSR count). The maximum Gasteiger partial charge on any atom is 0.336 e. The lowest BCUT2D eigenvalue weighted by Crippen LogP contribution is -2.30. The number of fused-ring (bicyclic) bond motifs is 1. The van der Waals surface area contributed by atoms with Crippen molar-refractivity contribution in [3.63, 3.8) is 0 Å². The van der Waals surface area contributed by atoms with E-state index in [2.05, 4.69) is 0 Å². The van der Waals surface area contributed by atoms with Crippen LogP contribution >= 0.6 is 11.6 Å². The highest BCUT2D eigenvalue weighted by Crippen LogP contribution is 2.36. The van der Waals surface area contributed by atoms with Crippen LogP contribution in [0.3, 0.4) is 0 Å². The second-order valence-electron chi connectivity index (χ2n) is 5.30. The fraction of sp³-hybridized carbons (Fsp3) is 0.118. The first-order valence-electron chi connectivity index (χ1n) is 6.87. The molecule has 0 bridgehead atoms. The molecule has 2 aromatic carbocycles. The van der Waals surface area contributed by atoms with Crippen LogP contribution in [0.25, 0.3) is 0 Å². The number of aromatic carboxylic acids is 1. The van der Waals surface area contributed by atoms with Crippen molar-refractivity contribution in [1.29, 1.82) is 0 Å². The molecule has 0 unspecified atom stereocenters. The summed E-state index contributed by atoms with van der Waals surface area (Å²) in [5, 5.41) is 9.64. The summed E-state index contributed by atoms with van der Waals surface area (Å²) in [6.45, 7) is 1.77. The van der Waals surface area contributed by atoms with Gasteiger partial charge in [-0.05, 0) is 36.2 Å². The van der Waals surface area contributed by atoms with E-state index in [9.17, 15) is 19.5 Å². The van der Waals surface area contributed by atoms with Crippen molar-refractivity contribution in [2.45, 2.75) is 13.5 Å². The maximum absolute atomic E-state index is 12.3. The van der Waals surface area contributed by atoms with Crippen LogP contribution in [-0.4, -0.2) is 22.8 Å². The Kier molecular flexibility index (Phi) is 3.66. The quantitative estimate of drug-likeness (QED) is 0.878. The van der Waals surface area contributed by atoms with Gasteiger partial charge in [-0.2, -0.15) is 0 Å². The van der Waals surface area contributed by atoms with Crippen LogP contribution in [0.5, 0.6) is 0 Å². The molecule has 1 N–H and O–H groups in total. The minimum absolute atomic E-state index is 0.0164. The van der Waals surface area contributed by atoms with Gasteiger partial charge in [0.25, 0.3) is 11.7 Å². The minimum atomic E-state index is -1.08. The van der Waals surface area contributed by atoms with E-state index in [-0.39, 0.29) is 17.7 Å². The molecule has 0 aliphatic carbocycles. The van der Waals surface area contributed by atoms with E-state index in [1.165, 1.54) is 17.0 Å². The molecular weight excluding hydrogens is 318 g/mol. The number of benzene rings is 2. The number of ketones is 1. The Bertz CT molecular complexity index is 860. The number of amides is 1. The van der Waals surface area contributed by atoms with Crippen LogP contribution < -0.4 is 4.90 Å². The van der Waals surface area contributed by atoms with Crippen molar-refractivity contribution >= 4 is 34.9 Å². The fourth-order valence-electron chi connectivity index (χ4n) is 2.79. The van der Waals surface area contributed by atoms with Crippen LogP contribution in [-0.2, 0) is 11.3 Å². The first-order valence-corrected chi connectivity index (χ1v) is 7.25. The number of carbonyl (C=O) groups is 3. The number of Topliss-reactive ketones (excluding diaryl/α,β-unsaturated/α-hetero) is 1. The summed E-state index contributed by atoms with van der Waals surface area (Å²) >= 11 is 5.96. The summed E-state index contributed by atoms with van der Waals surface area (Å²) < 4.78 is 0. The van der Waals surface area contributed by atoms with Crippen LogP contribution in [0, 0.1) is 6.92 Å². The fourth-order valence-corrected chi connectivity index (χ4v) is 3.07. The normalized spacial score (nSPS) is 13.4. The number of hydrogen-bond donors (Lipinski definition) is 1. The number of rotatable bonds is 3. The van der Waals surface area contributed by atoms with Crippen molar-refractivity contribution in [2.24, 2.45) is 0 Å². The number of carboxylic acids is 1. The Hall–Kier alpha value is -2.66. The summed E-state index contributed by atoms with van der Waals surface area (Å²) in [7, 11) is 0. The minimum Gasteiger partial charge on any atom is -0.478 e. The van der Waals surface area contributed by atoms with Gasteiger partial charge in [-0.1, -0.05) is 29.8 Å². The lowest BCUT2D eigenvalue weighted by Gasteiger charge is -2.19. The highest BCUT2D eigenvalue weighted by molar-refractivity contribution is 6.52. The van der Waals surface area contributed by atoms with Crippen LogP contribution in [0.4, 0.5) is 5.69 Å². The molecular formula is C17H12ClNO4. The average Bonchev–Trinajstić information content (AvgIpc) is 2.73. The number of aryl methyl sites for hydroxylation is 1. The van der Waals surface area contributed by atoms with Gasteiger partial charge in [0.1, 0.15) is 0 Å². The Balaban J connectivity index is 2.08. The van der Waals surface area contributed by atoms with E-state index >= 15 is 0 Å². The third-order valence-corrected chi connectivity index (χ3v) is 4.01. The summed E-state index contributed by atoms with van der Waals surface area (Å²) in [6.07, 6.45) is 0. The smallest absolute Gasteiger partial charge is 0.336 e. The van der Waals surface area contributed by atoms with Gasteiger partial charge in [0.2, 0.25) is 0 Å². The van der Waals surface area contributed by atoms with Crippen LogP contribution in [0.15, 0.2) is 36.4 Å². The first kappa shape index (κ1) is 15.2. The largest absolute Gasteiger partial charge is 0.478 e. The maximum atomic E-state index is 12.3. The number of nitrogens with zero attached hydrogens (tertiary/aromatic N) is 1. The van der Waals surface area contributed by atoms with Gasteiger partial charge in [0, 0.05) is 5.02 Å². The first-order chi connectivity index (χ1) is 10.9. The molecule has 23 heavy (non-hydrogen) atoms. The number of hydrogen-bond acceptors (Lipinski definition) is 3. The predicted octanol–water partition coefficient (Wildman–Crippen LogP) is 3.08. The number of carboxylic acid groups (broad SMARTS) is 1. The van der Waals surface area contributed by atoms with Gasteiger partial charge in [-0.15, -0.1) is 0 Å². The molecule has 0 aromatic heterocycles. The summed E-state index contributed by atoms with van der Waals surface area (Å²) in [6, 6.07) is 9.54. The van der Waals surface area contributed by atoms with E-state index in [4.69, 9.17) is 11.6 Å². The van der Waals surface area contributed by atoms with Crippen LogP contribution in [0.2, 0.25) is 5.02 Å². The monoisotopic (exact) mass is 329 g/mol. The van der Waals surface area contributed by atoms with Gasteiger partial charge >= 0.3 is 5.97 Å². The standard InChI is InChI=1S/C17H12ClNO4/c1-9-6-11(18)7-13-14(9)19(16(21)15(13)20)8-10-4-2-3-5-12(10)17(22)23/h2-7H,8H2,1H3,(H,22,23). The van der Waals surface area contributed by atoms with Gasteiger partial charge in [-0.25, -0.2) is 4.79 Å². The van der Waals surface area contributed by atoms with E-state index in [1.54, 1.807) is 31.2 Å². The second kappa shape index (κ2) is 5.52. The van der Waals surface area contributed by atoms with Crippen molar-refractivity contribution in [1.82, 2.24) is 0 Å². The average molecular weight is 330 g/mol. The molecule has 116 valence electrons. The molecule has 0 fully saturated rings. The second-order valence-corrected chi connectivity index (χ2v) is 5.74. The molecule has 1 aliphatic rings. The van der Waals surface area contributed by atoms with Crippen molar-refractivity contribution in [3.05, 3.63) is 63.7 Å². The lowest BCUT2D eigenvalue weighted by molar-refractivity contribution is -0.114. The molecule has 0 spiro atoms. The molecule has 1 heterocycles. The molecule has 0 radical (unpaired) electrons. The number of anilines is 1. The zero-order chi connectivity index (χ0) is 16.7. The van der Waals surface area contributed by atoms with Gasteiger partial charge < -0.3 is 10.0 Å². The highest BCUT2D eigenvalue weighted by atomic mass is 35.5.